The summed E-state index contributed by atoms with van der Waals surface area (Å²) in [4.78, 5) is 2.43. The van der Waals surface area contributed by atoms with E-state index in [1.165, 1.54) is 0 Å². The van der Waals surface area contributed by atoms with Crippen LogP contribution in [0.2, 0.25) is 0 Å². The third kappa shape index (κ3) is 6.01. The van der Waals surface area contributed by atoms with Crippen molar-refractivity contribution >= 4 is 46.4 Å². The van der Waals surface area contributed by atoms with Gasteiger partial charge in [-0.2, -0.15) is 0 Å². The fraction of sp³-hybridized carbons (Fsp3) is 1.00. The first kappa shape index (κ1) is 20.8. The van der Waals surface area contributed by atoms with Crippen LogP contribution in [0.1, 0.15) is 38.5 Å². The van der Waals surface area contributed by atoms with Crippen LogP contribution < -0.4 is 5.32 Å². The van der Waals surface area contributed by atoms with E-state index in [9.17, 15) is 0 Å². The second kappa shape index (κ2) is 10.0. The molecule has 2 saturated carbocycles. The van der Waals surface area contributed by atoms with Gasteiger partial charge in [0.25, 0.3) is 0 Å². The molecule has 0 aromatic rings. The Labute approximate surface area is 172 Å². The van der Waals surface area contributed by atoms with Gasteiger partial charge >= 0.3 is 0 Å². The third-order valence-corrected chi connectivity index (χ3v) is 7.81. The normalized spacial score (nSPS) is 41.8. The summed E-state index contributed by atoms with van der Waals surface area (Å²) in [5.74, 6) is 0.768. The average Bonchev–Trinajstić information content (AvgIpc) is 3.06. The predicted octanol–water partition coefficient (Wildman–Crippen LogP) is 4.26. The molecule has 0 bridgehead atoms. The van der Waals surface area contributed by atoms with Gasteiger partial charge in [0.15, 0.2) is 0 Å². The number of nitrogens with zero attached hydrogens (tertiary/aromatic N) is 1. The standard InChI is InChI=1S/C18H30Cl4N2O/c19-13-2-1-12(16(21)7-13)10-25-18(9-24-6-5-23-11-24)15-4-3-14(20)8-17(15)22/h12-18,23H,1-11H2/t12?,13?,14?,15?,16?,17?,18-/m1/s1. The number of nitrogens with one attached hydrogen (secondary N) is 1. The Balaban J connectivity index is 1.57. The Morgan fingerprint density at radius 2 is 1.68 bits per heavy atom. The lowest BCUT2D eigenvalue weighted by atomic mass is 9.83. The van der Waals surface area contributed by atoms with Crippen LogP contribution in [-0.2, 0) is 4.74 Å². The molecule has 3 aliphatic rings. The second-order valence-corrected chi connectivity index (χ2v) is 10.2. The number of ether oxygens (including phenoxy) is 1. The molecule has 1 aliphatic heterocycles. The third-order valence-electron chi connectivity index (χ3n) is 5.98. The second-order valence-electron chi connectivity index (χ2n) is 7.88. The fourth-order valence-electron chi connectivity index (χ4n) is 4.35. The van der Waals surface area contributed by atoms with Gasteiger partial charge in [-0.25, -0.2) is 0 Å². The largest absolute Gasteiger partial charge is 0.376 e. The molecule has 1 heterocycles. The van der Waals surface area contributed by atoms with Crippen LogP contribution in [0.15, 0.2) is 0 Å². The Morgan fingerprint density at radius 1 is 0.960 bits per heavy atom. The quantitative estimate of drug-likeness (QED) is 0.635. The minimum Gasteiger partial charge on any atom is -0.376 e. The molecular weight excluding hydrogens is 402 g/mol. The van der Waals surface area contributed by atoms with Gasteiger partial charge in [-0.15, -0.1) is 46.4 Å². The first-order valence-electron chi connectivity index (χ1n) is 9.64. The van der Waals surface area contributed by atoms with Gasteiger partial charge in [0.05, 0.1) is 12.7 Å². The van der Waals surface area contributed by atoms with Crippen molar-refractivity contribution < 1.29 is 4.74 Å². The fourth-order valence-corrected chi connectivity index (χ4v) is 6.09. The van der Waals surface area contributed by atoms with E-state index in [4.69, 9.17) is 51.1 Å². The molecule has 0 radical (unpaired) electrons. The molecule has 0 aromatic heterocycles. The lowest BCUT2D eigenvalue weighted by Gasteiger charge is -2.38. The van der Waals surface area contributed by atoms with Crippen molar-refractivity contribution in [3.05, 3.63) is 0 Å². The molecule has 25 heavy (non-hydrogen) atoms. The predicted molar refractivity (Wildman–Crippen MR) is 107 cm³/mol. The van der Waals surface area contributed by atoms with Gasteiger partial charge < -0.3 is 10.1 Å². The lowest BCUT2D eigenvalue weighted by Crippen LogP contribution is -2.44. The van der Waals surface area contributed by atoms with Gasteiger partial charge in [-0.05, 0) is 44.4 Å². The van der Waals surface area contributed by atoms with Crippen LogP contribution in [0.3, 0.4) is 0 Å². The first-order valence-corrected chi connectivity index (χ1v) is 11.4. The van der Waals surface area contributed by atoms with E-state index in [1.807, 2.05) is 0 Å². The number of rotatable bonds is 6. The van der Waals surface area contributed by atoms with Crippen molar-refractivity contribution in [1.82, 2.24) is 10.2 Å². The Hall–Kier alpha value is 1.04. The summed E-state index contributed by atoms with van der Waals surface area (Å²) in [7, 11) is 0. The first-order chi connectivity index (χ1) is 12.0. The minimum atomic E-state index is 0.0992. The average molecular weight is 432 g/mol. The van der Waals surface area contributed by atoms with E-state index in [2.05, 4.69) is 10.2 Å². The highest BCUT2D eigenvalue weighted by atomic mass is 35.5. The van der Waals surface area contributed by atoms with Crippen molar-refractivity contribution in [2.75, 3.05) is 32.9 Å². The summed E-state index contributed by atoms with van der Waals surface area (Å²) in [6.07, 6.45) is 6.09. The van der Waals surface area contributed by atoms with Crippen LogP contribution >= 0.6 is 46.4 Å². The van der Waals surface area contributed by atoms with Gasteiger partial charge in [-0.3, -0.25) is 4.90 Å². The molecule has 3 nitrogen and oxygen atoms in total. The Kier molecular flexibility index (Phi) is 8.31. The molecule has 3 rings (SSSR count). The minimum absolute atomic E-state index is 0.0992. The van der Waals surface area contributed by atoms with Gasteiger partial charge in [-0.1, -0.05) is 0 Å². The molecule has 1 saturated heterocycles. The Bertz CT molecular complexity index is 411. The van der Waals surface area contributed by atoms with Crippen molar-refractivity contribution in [1.29, 1.82) is 0 Å². The topological polar surface area (TPSA) is 24.5 Å². The maximum Gasteiger partial charge on any atom is 0.0744 e. The van der Waals surface area contributed by atoms with Crippen molar-refractivity contribution in [3.63, 3.8) is 0 Å². The lowest BCUT2D eigenvalue weighted by molar-refractivity contribution is -0.0345. The molecule has 0 amide bonds. The zero-order valence-corrected chi connectivity index (χ0v) is 17.7. The van der Waals surface area contributed by atoms with Crippen molar-refractivity contribution in [2.45, 2.75) is 66.1 Å². The van der Waals surface area contributed by atoms with Gasteiger partial charge in [0, 0.05) is 53.7 Å². The molecule has 1 N–H and O–H groups in total. The molecule has 7 heteroatoms. The van der Waals surface area contributed by atoms with E-state index in [-0.39, 0.29) is 27.6 Å². The maximum atomic E-state index is 6.68. The monoisotopic (exact) mass is 430 g/mol. The van der Waals surface area contributed by atoms with E-state index < -0.39 is 0 Å². The summed E-state index contributed by atoms with van der Waals surface area (Å²) in [6.45, 7) is 4.72. The van der Waals surface area contributed by atoms with Crippen LogP contribution in [0.25, 0.3) is 0 Å². The zero-order valence-electron chi connectivity index (χ0n) is 14.7. The smallest absolute Gasteiger partial charge is 0.0744 e. The summed E-state index contributed by atoms with van der Waals surface area (Å²) < 4.78 is 6.47. The summed E-state index contributed by atoms with van der Waals surface area (Å²) in [5.41, 5.74) is 0. The molecule has 146 valence electrons. The molecule has 0 spiro atoms. The van der Waals surface area contributed by atoms with E-state index in [0.717, 1.165) is 64.8 Å². The van der Waals surface area contributed by atoms with E-state index in [1.54, 1.807) is 0 Å². The number of hydrogen-bond acceptors (Lipinski definition) is 3. The van der Waals surface area contributed by atoms with Crippen LogP contribution in [-0.4, -0.2) is 65.4 Å². The van der Waals surface area contributed by atoms with Crippen LogP contribution in [0.4, 0.5) is 0 Å². The molecular formula is C18H30Cl4N2O. The van der Waals surface area contributed by atoms with Crippen molar-refractivity contribution in [2.24, 2.45) is 11.8 Å². The number of hydrogen-bond donors (Lipinski definition) is 1. The van der Waals surface area contributed by atoms with Crippen LogP contribution in [0.5, 0.6) is 0 Å². The highest BCUT2D eigenvalue weighted by Crippen LogP contribution is 2.37. The summed E-state index contributed by atoms with van der Waals surface area (Å²) in [5, 5.41) is 4.04. The van der Waals surface area contributed by atoms with E-state index in [0.29, 0.717) is 18.4 Å². The molecule has 6 unspecified atom stereocenters. The Morgan fingerprint density at radius 3 is 2.32 bits per heavy atom. The number of alkyl halides is 4. The molecule has 3 fully saturated rings. The number of halogens is 4. The SMILES string of the molecule is ClC1CCC(CO[C@H](CN2CCNC2)C2CCC(Cl)CC2Cl)C(Cl)C1. The van der Waals surface area contributed by atoms with Crippen LogP contribution in [0, 0.1) is 11.8 Å². The highest BCUT2D eigenvalue weighted by Gasteiger charge is 2.37. The van der Waals surface area contributed by atoms with Gasteiger partial charge in [0.1, 0.15) is 0 Å². The van der Waals surface area contributed by atoms with Crippen molar-refractivity contribution in [3.8, 4) is 0 Å². The maximum absolute atomic E-state index is 6.68. The highest BCUT2D eigenvalue weighted by molar-refractivity contribution is 6.24. The summed E-state index contributed by atoms with van der Waals surface area (Å²) >= 11 is 25.8. The molecule has 0 aromatic carbocycles. The van der Waals surface area contributed by atoms with Gasteiger partial charge in [0.2, 0.25) is 0 Å². The van der Waals surface area contributed by atoms with E-state index >= 15 is 0 Å². The zero-order chi connectivity index (χ0) is 17.8. The summed E-state index contributed by atoms with van der Waals surface area (Å²) in [6, 6.07) is 0. The molecule has 7 atom stereocenters. The molecule has 2 aliphatic carbocycles.